The summed E-state index contributed by atoms with van der Waals surface area (Å²) < 4.78 is 2.22. The number of aromatic nitrogens is 2. The topological polar surface area (TPSA) is 17.8 Å². The predicted octanol–water partition coefficient (Wildman–Crippen LogP) is 4.51. The van der Waals surface area contributed by atoms with Gasteiger partial charge in [0.05, 0.1) is 33.9 Å². The van der Waals surface area contributed by atoms with Gasteiger partial charge in [-0.2, -0.15) is 0 Å². The van der Waals surface area contributed by atoms with Crippen LogP contribution in [-0.2, 0) is 0 Å². The molecule has 0 radical (unpaired) electrons. The van der Waals surface area contributed by atoms with Gasteiger partial charge in [0, 0.05) is 23.2 Å². The fraction of sp³-hybridized carbons (Fsp3) is 0.214. The van der Waals surface area contributed by atoms with E-state index in [-0.39, 0.29) is 0 Å². The van der Waals surface area contributed by atoms with E-state index in [9.17, 15) is 0 Å². The van der Waals surface area contributed by atoms with Gasteiger partial charge in [-0.25, -0.2) is 0 Å². The van der Waals surface area contributed by atoms with Gasteiger partial charge in [0.1, 0.15) is 0 Å². The van der Waals surface area contributed by atoms with Crippen molar-refractivity contribution in [1.82, 2.24) is 7.76 Å². The molecule has 0 atom stereocenters. The van der Waals surface area contributed by atoms with E-state index >= 15 is 0 Å². The highest BCUT2D eigenvalue weighted by molar-refractivity contribution is 14.1. The lowest BCUT2D eigenvalue weighted by atomic mass is 10.0. The summed E-state index contributed by atoms with van der Waals surface area (Å²) in [5, 5.41) is 2.51. The summed E-state index contributed by atoms with van der Waals surface area (Å²) in [7, 11) is 0. The molecule has 2 aromatic heterocycles. The van der Waals surface area contributed by atoms with Crippen molar-refractivity contribution in [3.8, 4) is 0 Å². The molecule has 3 rings (SSSR count). The Morgan fingerprint density at radius 3 is 2.71 bits per heavy atom. The number of pyridine rings is 1. The lowest BCUT2D eigenvalue weighted by molar-refractivity contribution is 0.868. The zero-order chi connectivity index (χ0) is 12.0. The minimum atomic E-state index is 0.562. The van der Waals surface area contributed by atoms with Gasteiger partial charge in [-0.05, 0) is 23.6 Å². The second-order valence-corrected chi connectivity index (χ2v) is 5.57. The zero-order valence-corrected chi connectivity index (χ0v) is 12.0. The molecule has 0 aliphatic rings. The minimum Gasteiger partial charge on any atom is -0.282 e. The van der Waals surface area contributed by atoms with E-state index in [4.69, 9.17) is 0 Å². The van der Waals surface area contributed by atoms with E-state index in [0.717, 1.165) is 0 Å². The van der Waals surface area contributed by atoms with Crippen molar-refractivity contribution >= 4 is 44.7 Å². The van der Waals surface area contributed by atoms with E-state index in [1.807, 2.05) is 12.4 Å². The fourth-order valence-corrected chi connectivity index (χ4v) is 3.01. The number of benzene rings is 1. The molecule has 0 fully saturated rings. The Hall–Kier alpha value is -1.10. The molecule has 2 nitrogen and oxygen atoms in total. The third-order valence-corrected chi connectivity index (χ3v) is 4.24. The highest BCUT2D eigenvalue weighted by Gasteiger charge is 2.10. The van der Waals surface area contributed by atoms with Crippen molar-refractivity contribution in [1.29, 1.82) is 0 Å². The van der Waals surface area contributed by atoms with Gasteiger partial charge in [0.15, 0.2) is 0 Å². The van der Waals surface area contributed by atoms with Gasteiger partial charge in [-0.3, -0.25) is 7.76 Å². The number of hydrogen-bond acceptors (Lipinski definition) is 1. The largest absolute Gasteiger partial charge is 0.282 e. The summed E-state index contributed by atoms with van der Waals surface area (Å²) in [6, 6.07) is 8.78. The lowest BCUT2D eigenvalue weighted by Gasteiger charge is -2.05. The van der Waals surface area contributed by atoms with Crippen LogP contribution in [-0.4, -0.2) is 7.76 Å². The summed E-state index contributed by atoms with van der Waals surface area (Å²) >= 11 is 2.36. The summed E-state index contributed by atoms with van der Waals surface area (Å²) in [4.78, 5) is 4.22. The Labute approximate surface area is 114 Å². The third-order valence-electron chi connectivity index (χ3n) is 3.20. The average Bonchev–Trinajstić information content (AvgIpc) is 2.64. The standard InChI is InChI=1S/C14H13IN2/c1-9(2)10-3-4-11-12-8-16-6-5-13(12)17(15)14(11)7-10/h3-9H,1-2H3. The Balaban J connectivity index is 2.45. The van der Waals surface area contributed by atoms with Crippen LogP contribution < -0.4 is 0 Å². The molecule has 0 saturated carbocycles. The molecule has 17 heavy (non-hydrogen) atoms. The number of rotatable bonds is 1. The van der Waals surface area contributed by atoms with Crippen LogP contribution in [0.4, 0.5) is 0 Å². The van der Waals surface area contributed by atoms with Crippen molar-refractivity contribution in [2.75, 3.05) is 0 Å². The van der Waals surface area contributed by atoms with Gasteiger partial charge in [-0.15, -0.1) is 0 Å². The van der Waals surface area contributed by atoms with Crippen molar-refractivity contribution in [3.63, 3.8) is 0 Å². The molecule has 0 aliphatic heterocycles. The molecular formula is C14H13IN2. The van der Waals surface area contributed by atoms with E-state index in [1.165, 1.54) is 27.4 Å². The monoisotopic (exact) mass is 336 g/mol. The summed E-state index contributed by atoms with van der Waals surface area (Å²) in [6.07, 6.45) is 3.79. The lowest BCUT2D eigenvalue weighted by Crippen LogP contribution is -1.87. The van der Waals surface area contributed by atoms with Crippen LogP contribution in [0.15, 0.2) is 36.7 Å². The normalized spacial score (nSPS) is 11.8. The van der Waals surface area contributed by atoms with Crippen molar-refractivity contribution in [2.45, 2.75) is 19.8 Å². The molecule has 0 aliphatic carbocycles. The third kappa shape index (κ3) is 1.64. The van der Waals surface area contributed by atoms with E-state index in [2.05, 4.69) is 68.7 Å². The Morgan fingerprint density at radius 2 is 1.94 bits per heavy atom. The van der Waals surface area contributed by atoms with Crippen molar-refractivity contribution < 1.29 is 0 Å². The van der Waals surface area contributed by atoms with Crippen LogP contribution in [0.25, 0.3) is 21.8 Å². The SMILES string of the molecule is CC(C)c1ccc2c3cnccc3n(I)c2c1. The Bertz CT molecular complexity index is 698. The second-order valence-electron chi connectivity index (χ2n) is 4.60. The second kappa shape index (κ2) is 3.98. The highest BCUT2D eigenvalue weighted by Crippen LogP contribution is 2.32. The molecule has 86 valence electrons. The van der Waals surface area contributed by atoms with Crippen molar-refractivity contribution in [3.05, 3.63) is 42.2 Å². The minimum absolute atomic E-state index is 0.562. The van der Waals surface area contributed by atoms with Gasteiger partial charge < -0.3 is 0 Å². The molecule has 3 aromatic rings. The Morgan fingerprint density at radius 1 is 1.12 bits per heavy atom. The summed E-state index contributed by atoms with van der Waals surface area (Å²) in [6.45, 7) is 4.45. The molecule has 0 bridgehead atoms. The molecule has 2 heterocycles. The number of nitrogens with zero attached hydrogens (tertiary/aromatic N) is 2. The van der Waals surface area contributed by atoms with E-state index in [0.29, 0.717) is 5.92 Å². The maximum Gasteiger partial charge on any atom is 0.0646 e. The first-order chi connectivity index (χ1) is 8.18. The van der Waals surface area contributed by atoms with Gasteiger partial charge in [-0.1, -0.05) is 26.0 Å². The number of hydrogen-bond donors (Lipinski definition) is 0. The summed E-state index contributed by atoms with van der Waals surface area (Å²) in [5.74, 6) is 0.562. The van der Waals surface area contributed by atoms with Gasteiger partial charge in [0.2, 0.25) is 0 Å². The van der Waals surface area contributed by atoms with Crippen LogP contribution in [0.3, 0.4) is 0 Å². The molecule has 0 saturated heterocycles. The summed E-state index contributed by atoms with van der Waals surface area (Å²) in [5.41, 5.74) is 3.89. The smallest absolute Gasteiger partial charge is 0.0646 e. The quantitative estimate of drug-likeness (QED) is 0.598. The predicted molar refractivity (Wildman–Crippen MR) is 80.7 cm³/mol. The van der Waals surface area contributed by atoms with E-state index < -0.39 is 0 Å². The van der Waals surface area contributed by atoms with Gasteiger partial charge in [0.25, 0.3) is 0 Å². The molecule has 0 spiro atoms. The molecule has 3 heteroatoms. The average molecular weight is 336 g/mol. The molecule has 0 unspecified atom stereocenters. The van der Waals surface area contributed by atoms with Crippen LogP contribution in [0.2, 0.25) is 0 Å². The van der Waals surface area contributed by atoms with Crippen LogP contribution >= 0.6 is 22.9 Å². The van der Waals surface area contributed by atoms with Crippen molar-refractivity contribution in [2.24, 2.45) is 0 Å². The Kier molecular flexibility index (Phi) is 2.58. The maximum atomic E-state index is 4.22. The van der Waals surface area contributed by atoms with Crippen LogP contribution in [0.1, 0.15) is 25.3 Å². The highest BCUT2D eigenvalue weighted by atomic mass is 127. The number of halogens is 1. The molecule has 0 N–H and O–H groups in total. The van der Waals surface area contributed by atoms with Crippen LogP contribution in [0, 0.1) is 0 Å². The molecule has 0 amide bonds. The molecule has 1 aromatic carbocycles. The first kappa shape index (κ1) is 11.0. The fourth-order valence-electron chi connectivity index (χ4n) is 2.19. The van der Waals surface area contributed by atoms with E-state index in [1.54, 1.807) is 0 Å². The zero-order valence-electron chi connectivity index (χ0n) is 9.81. The first-order valence-corrected chi connectivity index (χ1v) is 6.69. The maximum absolute atomic E-state index is 4.22. The first-order valence-electron chi connectivity index (χ1n) is 5.72. The van der Waals surface area contributed by atoms with Crippen LogP contribution in [0.5, 0.6) is 0 Å². The molecular weight excluding hydrogens is 323 g/mol. The van der Waals surface area contributed by atoms with Gasteiger partial charge >= 0.3 is 0 Å². The number of fused-ring (bicyclic) bond motifs is 3.